The van der Waals surface area contributed by atoms with Crippen molar-refractivity contribution in [1.82, 2.24) is 19.7 Å². The second kappa shape index (κ2) is 9.82. The largest absolute Gasteiger partial charge is 0.357 e. The Morgan fingerprint density at radius 2 is 1.68 bits per heavy atom. The van der Waals surface area contributed by atoms with E-state index < -0.39 is 17.2 Å². The number of H-pyrrole nitrogens is 1. The Morgan fingerprint density at radius 1 is 0.950 bits per heavy atom. The molecule has 3 aromatic carbocycles. The van der Waals surface area contributed by atoms with Gasteiger partial charge in [0.25, 0.3) is 0 Å². The Bertz CT molecular complexity index is 1750. The molecule has 0 spiro atoms. The first-order valence-electron chi connectivity index (χ1n) is 13.5. The van der Waals surface area contributed by atoms with Gasteiger partial charge in [-0.1, -0.05) is 49.7 Å². The highest BCUT2D eigenvalue weighted by molar-refractivity contribution is 6.36. The molecule has 0 aliphatic carbocycles. The zero-order valence-corrected chi connectivity index (χ0v) is 23.6. The molecule has 1 aliphatic heterocycles. The lowest BCUT2D eigenvalue weighted by atomic mass is 9.97. The number of halogens is 4. The predicted molar refractivity (Wildman–Crippen MR) is 153 cm³/mol. The number of para-hydroxylation sites is 1. The number of hydrogen-bond donors (Lipinski definition) is 1. The number of aryl methyl sites for hydroxylation is 2. The molecule has 2 aromatic heterocycles. The lowest BCUT2D eigenvalue weighted by molar-refractivity contribution is 0.121. The Hall–Kier alpha value is -3.55. The van der Waals surface area contributed by atoms with Crippen molar-refractivity contribution in [3.05, 3.63) is 105 Å². The van der Waals surface area contributed by atoms with Crippen molar-refractivity contribution in [2.75, 3.05) is 0 Å². The minimum absolute atomic E-state index is 0.282. The topological polar surface area (TPSA) is 36.9 Å². The van der Waals surface area contributed by atoms with Crippen LogP contribution >= 0.6 is 11.6 Å². The van der Waals surface area contributed by atoms with Crippen LogP contribution < -0.4 is 0 Å². The van der Waals surface area contributed by atoms with Gasteiger partial charge in [-0.25, -0.2) is 17.9 Å². The number of hydrogen-bond acceptors (Lipinski definition) is 2. The molecule has 40 heavy (non-hydrogen) atoms. The van der Waals surface area contributed by atoms with E-state index in [2.05, 4.69) is 55.8 Å². The Labute approximate surface area is 236 Å². The Morgan fingerprint density at radius 3 is 2.35 bits per heavy atom. The van der Waals surface area contributed by atoms with Crippen LogP contribution in [0.3, 0.4) is 0 Å². The Kier molecular flexibility index (Phi) is 6.55. The lowest BCUT2D eigenvalue weighted by Crippen LogP contribution is -2.36. The van der Waals surface area contributed by atoms with E-state index >= 15 is 0 Å². The van der Waals surface area contributed by atoms with Gasteiger partial charge in [-0.05, 0) is 56.0 Å². The Balaban J connectivity index is 1.61. The highest BCUT2D eigenvalue weighted by Gasteiger charge is 2.43. The monoisotopic (exact) mass is 562 g/mol. The maximum absolute atomic E-state index is 14.9. The van der Waals surface area contributed by atoms with E-state index in [-0.39, 0.29) is 12.4 Å². The molecule has 3 heterocycles. The maximum atomic E-state index is 14.9. The summed E-state index contributed by atoms with van der Waals surface area (Å²) in [5.41, 5.74) is 6.97. The van der Waals surface area contributed by atoms with Gasteiger partial charge in [0.15, 0.2) is 0 Å². The number of aromatic amines is 1. The van der Waals surface area contributed by atoms with Gasteiger partial charge in [0.05, 0.1) is 33.2 Å². The summed E-state index contributed by atoms with van der Waals surface area (Å²) in [5, 5.41) is 6.27. The van der Waals surface area contributed by atoms with E-state index in [1.165, 1.54) is 18.2 Å². The molecule has 8 heteroatoms. The van der Waals surface area contributed by atoms with Crippen molar-refractivity contribution >= 4 is 22.5 Å². The van der Waals surface area contributed by atoms with Crippen LogP contribution in [0.1, 0.15) is 55.6 Å². The van der Waals surface area contributed by atoms with Crippen LogP contribution in [0.4, 0.5) is 13.2 Å². The maximum Gasteiger partial charge on any atom is 0.147 e. The molecule has 0 saturated heterocycles. The smallest absolute Gasteiger partial charge is 0.147 e. The van der Waals surface area contributed by atoms with Crippen LogP contribution in [-0.4, -0.2) is 19.7 Å². The molecule has 0 atom stereocenters. The first-order chi connectivity index (χ1) is 19.1. The standard InChI is InChI=1S/C32H30ClF3N4/c1-5-18-8-7-9-19(6-2)29(18)40-30(22-12-13-25(35)28-27(22)24(33)15-37-28)23-17-39(32(3,4)31(23)38-40)16-20-10-11-21(34)14-26(20)36/h7-15,37H,5-6,16-17H2,1-4H3. The molecular weight excluding hydrogens is 533 g/mol. The van der Waals surface area contributed by atoms with Crippen LogP contribution in [0.2, 0.25) is 5.02 Å². The van der Waals surface area contributed by atoms with E-state index in [1.807, 2.05) is 4.68 Å². The molecule has 1 N–H and O–H groups in total. The van der Waals surface area contributed by atoms with Gasteiger partial charge in [0.2, 0.25) is 0 Å². The second-order valence-corrected chi connectivity index (χ2v) is 11.3. The van der Waals surface area contributed by atoms with Crippen molar-refractivity contribution in [2.24, 2.45) is 0 Å². The predicted octanol–water partition coefficient (Wildman–Crippen LogP) is 8.47. The first-order valence-corrected chi connectivity index (χ1v) is 13.9. The molecule has 0 amide bonds. The number of nitrogens with zero attached hydrogens (tertiary/aromatic N) is 3. The van der Waals surface area contributed by atoms with Crippen molar-refractivity contribution in [2.45, 2.75) is 59.2 Å². The van der Waals surface area contributed by atoms with E-state index in [4.69, 9.17) is 16.7 Å². The molecule has 4 nitrogen and oxygen atoms in total. The summed E-state index contributed by atoms with van der Waals surface area (Å²) in [5.74, 6) is -1.56. The molecule has 0 fully saturated rings. The van der Waals surface area contributed by atoms with E-state index in [0.29, 0.717) is 28.0 Å². The average Bonchev–Trinajstić information content (AvgIpc) is 3.57. The quantitative estimate of drug-likeness (QED) is 0.225. The van der Waals surface area contributed by atoms with Crippen molar-refractivity contribution in [1.29, 1.82) is 0 Å². The molecule has 0 unspecified atom stereocenters. The highest BCUT2D eigenvalue weighted by Crippen LogP contribution is 2.47. The number of aromatic nitrogens is 3. The van der Waals surface area contributed by atoms with Gasteiger partial charge in [-0.3, -0.25) is 4.90 Å². The number of fused-ring (bicyclic) bond motifs is 2. The van der Waals surface area contributed by atoms with Crippen molar-refractivity contribution in [3.63, 3.8) is 0 Å². The third-order valence-corrected chi connectivity index (χ3v) is 8.55. The molecule has 5 aromatic rings. The van der Waals surface area contributed by atoms with Gasteiger partial charge >= 0.3 is 0 Å². The van der Waals surface area contributed by atoms with Gasteiger partial charge in [-0.15, -0.1) is 0 Å². The number of benzene rings is 3. The normalized spacial score (nSPS) is 14.8. The fraction of sp³-hybridized carbons (Fsp3) is 0.281. The molecule has 0 saturated carbocycles. The summed E-state index contributed by atoms with van der Waals surface area (Å²) in [4.78, 5) is 5.12. The molecule has 6 rings (SSSR count). The van der Waals surface area contributed by atoms with Crippen molar-refractivity contribution < 1.29 is 13.2 Å². The molecule has 1 aliphatic rings. The summed E-state index contributed by atoms with van der Waals surface area (Å²) >= 11 is 6.64. The molecular formula is C32H30ClF3N4. The fourth-order valence-corrected chi connectivity index (χ4v) is 6.29. The lowest BCUT2D eigenvalue weighted by Gasteiger charge is -2.32. The summed E-state index contributed by atoms with van der Waals surface area (Å²) in [6, 6.07) is 13.2. The van der Waals surface area contributed by atoms with Crippen LogP contribution in [0, 0.1) is 17.5 Å². The summed E-state index contributed by atoms with van der Waals surface area (Å²) in [7, 11) is 0. The van der Waals surface area contributed by atoms with Crippen LogP contribution in [0.5, 0.6) is 0 Å². The third-order valence-electron chi connectivity index (χ3n) is 8.25. The van der Waals surface area contributed by atoms with Crippen molar-refractivity contribution in [3.8, 4) is 16.9 Å². The van der Waals surface area contributed by atoms with E-state index in [1.54, 1.807) is 12.3 Å². The highest BCUT2D eigenvalue weighted by atomic mass is 35.5. The van der Waals surface area contributed by atoms with E-state index in [9.17, 15) is 13.2 Å². The number of nitrogens with one attached hydrogen (secondary N) is 1. The van der Waals surface area contributed by atoms with Gasteiger partial charge < -0.3 is 4.98 Å². The minimum atomic E-state index is -0.603. The summed E-state index contributed by atoms with van der Waals surface area (Å²) < 4.78 is 45.2. The molecule has 206 valence electrons. The summed E-state index contributed by atoms with van der Waals surface area (Å²) in [6.07, 6.45) is 3.23. The van der Waals surface area contributed by atoms with Crippen LogP contribution in [-0.2, 0) is 31.5 Å². The third kappa shape index (κ3) is 4.06. The average molecular weight is 563 g/mol. The van der Waals surface area contributed by atoms with Gasteiger partial charge in [-0.2, -0.15) is 5.10 Å². The first kappa shape index (κ1) is 26.7. The van der Waals surface area contributed by atoms with Crippen LogP contribution in [0.15, 0.2) is 54.7 Å². The minimum Gasteiger partial charge on any atom is -0.357 e. The van der Waals surface area contributed by atoms with E-state index in [0.717, 1.165) is 58.2 Å². The zero-order chi connectivity index (χ0) is 28.3. The second-order valence-electron chi connectivity index (χ2n) is 10.9. The SMILES string of the molecule is CCc1cccc(CC)c1-n1nc2c(c1-c1ccc(F)c3[nH]cc(Cl)c13)CN(Cc1ccc(F)cc1F)C2(C)C. The molecule has 0 bridgehead atoms. The molecule has 0 radical (unpaired) electrons. The fourth-order valence-electron chi connectivity index (χ4n) is 6.04. The van der Waals surface area contributed by atoms with Crippen LogP contribution in [0.25, 0.3) is 27.8 Å². The van der Waals surface area contributed by atoms with Gasteiger partial charge in [0, 0.05) is 47.4 Å². The number of rotatable bonds is 6. The zero-order valence-electron chi connectivity index (χ0n) is 22.9. The van der Waals surface area contributed by atoms with Gasteiger partial charge in [0.1, 0.15) is 17.5 Å². The summed E-state index contributed by atoms with van der Waals surface area (Å²) in [6.45, 7) is 9.14.